The zero-order chi connectivity index (χ0) is 21.7. The molecule has 2 aromatic rings. The molecule has 160 valence electrons. The molecule has 2 aromatic carbocycles. The molecule has 0 saturated carbocycles. The van der Waals surface area contributed by atoms with Gasteiger partial charge >= 0.3 is 0 Å². The first-order chi connectivity index (χ1) is 13.5. The zero-order valence-corrected chi connectivity index (χ0v) is 18.1. The SMILES string of the molecule is C[N+](C)(CCCCC[N+](C)(C)Cc1cccc(O)c1O)Cc1cccc(O)c1O. The summed E-state index contributed by atoms with van der Waals surface area (Å²) in [5.41, 5.74) is 1.53. The third-order valence-electron chi connectivity index (χ3n) is 5.42. The van der Waals surface area contributed by atoms with Gasteiger partial charge in [0.05, 0.1) is 52.4 Å². The van der Waals surface area contributed by atoms with Crippen LogP contribution in [0.5, 0.6) is 23.0 Å². The Balaban J connectivity index is 1.77. The first-order valence-corrected chi connectivity index (χ1v) is 10.1. The van der Waals surface area contributed by atoms with E-state index in [1.54, 1.807) is 12.1 Å². The molecular formula is C23H36N2O4+2. The lowest BCUT2D eigenvalue weighted by atomic mass is 10.1. The van der Waals surface area contributed by atoms with E-state index in [1.807, 2.05) is 12.1 Å². The van der Waals surface area contributed by atoms with Gasteiger partial charge in [0.2, 0.25) is 0 Å². The molecule has 0 unspecified atom stereocenters. The van der Waals surface area contributed by atoms with E-state index < -0.39 is 0 Å². The number of unbranched alkanes of at least 4 members (excludes halogenated alkanes) is 2. The maximum Gasteiger partial charge on any atom is 0.166 e. The van der Waals surface area contributed by atoms with Crippen LogP contribution >= 0.6 is 0 Å². The Hall–Kier alpha value is -2.44. The van der Waals surface area contributed by atoms with Crippen LogP contribution in [0.25, 0.3) is 0 Å². The summed E-state index contributed by atoms with van der Waals surface area (Å²) in [7, 11) is 8.53. The fourth-order valence-electron chi connectivity index (χ4n) is 3.75. The number of rotatable bonds is 10. The van der Waals surface area contributed by atoms with Crippen molar-refractivity contribution in [2.45, 2.75) is 32.4 Å². The number of hydrogen-bond acceptors (Lipinski definition) is 4. The summed E-state index contributed by atoms with van der Waals surface area (Å²) in [5, 5.41) is 39.4. The lowest BCUT2D eigenvalue weighted by molar-refractivity contribution is -0.905. The normalized spacial score (nSPS) is 12.3. The second kappa shape index (κ2) is 9.37. The summed E-state index contributed by atoms with van der Waals surface area (Å²) in [6.45, 7) is 3.29. The van der Waals surface area contributed by atoms with Crippen molar-refractivity contribution in [1.82, 2.24) is 0 Å². The van der Waals surface area contributed by atoms with Crippen LogP contribution in [-0.2, 0) is 13.1 Å². The minimum absolute atomic E-state index is 0.0204. The monoisotopic (exact) mass is 404 g/mol. The summed E-state index contributed by atoms with van der Waals surface area (Å²) in [4.78, 5) is 0. The molecular weight excluding hydrogens is 368 g/mol. The van der Waals surface area contributed by atoms with Crippen molar-refractivity contribution in [3.05, 3.63) is 47.5 Å². The summed E-state index contributed by atoms with van der Waals surface area (Å²) in [5.74, 6) is -0.179. The number of para-hydroxylation sites is 2. The van der Waals surface area contributed by atoms with E-state index in [-0.39, 0.29) is 23.0 Å². The van der Waals surface area contributed by atoms with Crippen molar-refractivity contribution >= 4 is 0 Å². The van der Waals surface area contributed by atoms with Gasteiger partial charge in [-0.15, -0.1) is 0 Å². The van der Waals surface area contributed by atoms with Crippen LogP contribution in [0.1, 0.15) is 30.4 Å². The first-order valence-electron chi connectivity index (χ1n) is 10.1. The Morgan fingerprint density at radius 2 is 0.966 bits per heavy atom. The van der Waals surface area contributed by atoms with Gasteiger partial charge < -0.3 is 29.4 Å². The zero-order valence-electron chi connectivity index (χ0n) is 18.1. The van der Waals surface area contributed by atoms with E-state index in [1.165, 1.54) is 12.1 Å². The molecule has 0 radical (unpaired) electrons. The van der Waals surface area contributed by atoms with Gasteiger partial charge in [0.1, 0.15) is 13.1 Å². The van der Waals surface area contributed by atoms with Crippen molar-refractivity contribution in [2.24, 2.45) is 0 Å². The molecule has 6 nitrogen and oxygen atoms in total. The number of quaternary nitrogens is 2. The molecule has 0 heterocycles. The van der Waals surface area contributed by atoms with Crippen LogP contribution in [0.4, 0.5) is 0 Å². The Kier molecular flexibility index (Phi) is 7.38. The number of aromatic hydroxyl groups is 4. The Labute approximate surface area is 174 Å². The average molecular weight is 405 g/mol. The molecule has 4 N–H and O–H groups in total. The molecule has 0 bridgehead atoms. The van der Waals surface area contributed by atoms with Crippen LogP contribution < -0.4 is 0 Å². The molecule has 0 aliphatic heterocycles. The standard InChI is InChI=1S/C23H34N2O4/c1-24(2,16-18-10-8-12-20(26)22(18)28)14-6-5-7-15-25(3,4)17-19-11-9-13-21(27)23(19)29/h8-13H,5-7,14-17H2,1-4H3,(H2-2,26,27,28,29)/p+2. The van der Waals surface area contributed by atoms with Crippen molar-refractivity contribution in [3.8, 4) is 23.0 Å². The Bertz CT molecular complexity index is 751. The van der Waals surface area contributed by atoms with E-state index in [4.69, 9.17) is 0 Å². The second-order valence-electron chi connectivity index (χ2n) is 9.27. The quantitative estimate of drug-likeness (QED) is 0.277. The maximum atomic E-state index is 10.0. The smallest absolute Gasteiger partial charge is 0.166 e. The highest BCUT2D eigenvalue weighted by Gasteiger charge is 2.21. The highest BCUT2D eigenvalue weighted by molar-refractivity contribution is 5.44. The molecule has 2 rings (SSSR count). The fraction of sp³-hybridized carbons (Fsp3) is 0.478. The third-order valence-corrected chi connectivity index (χ3v) is 5.42. The number of phenols is 4. The summed E-state index contributed by atoms with van der Waals surface area (Å²) < 4.78 is 1.48. The van der Waals surface area contributed by atoms with Crippen LogP contribution in [0, 0.1) is 0 Å². The van der Waals surface area contributed by atoms with E-state index in [9.17, 15) is 20.4 Å². The van der Waals surface area contributed by atoms with Gasteiger partial charge in [-0.3, -0.25) is 0 Å². The largest absolute Gasteiger partial charge is 0.504 e. The second-order valence-corrected chi connectivity index (χ2v) is 9.27. The Morgan fingerprint density at radius 1 is 0.586 bits per heavy atom. The van der Waals surface area contributed by atoms with Gasteiger partial charge in [-0.1, -0.05) is 12.1 Å². The lowest BCUT2D eigenvalue weighted by Crippen LogP contribution is -2.40. The van der Waals surface area contributed by atoms with Crippen molar-refractivity contribution in [3.63, 3.8) is 0 Å². The third kappa shape index (κ3) is 6.84. The van der Waals surface area contributed by atoms with Crippen molar-refractivity contribution in [1.29, 1.82) is 0 Å². The summed E-state index contributed by atoms with van der Waals surface area (Å²) >= 11 is 0. The maximum absolute atomic E-state index is 10.0. The molecule has 0 aliphatic rings. The molecule has 0 atom stereocenters. The number of phenolic OH excluding ortho intramolecular Hbond substituents is 4. The molecule has 29 heavy (non-hydrogen) atoms. The fourth-order valence-corrected chi connectivity index (χ4v) is 3.75. The molecule has 0 amide bonds. The molecule has 0 spiro atoms. The van der Waals surface area contributed by atoms with Crippen molar-refractivity contribution < 1.29 is 29.4 Å². The average Bonchev–Trinajstić information content (AvgIpc) is 2.62. The minimum Gasteiger partial charge on any atom is -0.504 e. The highest BCUT2D eigenvalue weighted by atomic mass is 16.3. The molecule has 6 heteroatoms. The van der Waals surface area contributed by atoms with Gasteiger partial charge in [0.25, 0.3) is 0 Å². The van der Waals surface area contributed by atoms with Crippen LogP contribution in [0.2, 0.25) is 0 Å². The molecule has 0 saturated heterocycles. The Morgan fingerprint density at radius 3 is 1.34 bits per heavy atom. The van der Waals surface area contributed by atoms with E-state index in [0.29, 0.717) is 13.1 Å². The molecule has 0 aromatic heterocycles. The minimum atomic E-state index is -0.0692. The predicted molar refractivity (Wildman–Crippen MR) is 115 cm³/mol. The van der Waals surface area contributed by atoms with Gasteiger partial charge in [-0.2, -0.15) is 0 Å². The van der Waals surface area contributed by atoms with Gasteiger partial charge in [-0.05, 0) is 43.5 Å². The molecule has 0 aliphatic carbocycles. The van der Waals surface area contributed by atoms with E-state index in [0.717, 1.165) is 52.4 Å². The van der Waals surface area contributed by atoms with E-state index >= 15 is 0 Å². The van der Waals surface area contributed by atoms with Crippen LogP contribution in [-0.4, -0.2) is 70.7 Å². The summed E-state index contributed by atoms with van der Waals surface area (Å²) in [6.07, 6.45) is 3.25. The van der Waals surface area contributed by atoms with Crippen LogP contribution in [0.15, 0.2) is 36.4 Å². The number of hydrogen-bond donors (Lipinski definition) is 4. The first kappa shape index (κ1) is 22.8. The van der Waals surface area contributed by atoms with Crippen LogP contribution in [0.3, 0.4) is 0 Å². The topological polar surface area (TPSA) is 80.9 Å². The highest BCUT2D eigenvalue weighted by Crippen LogP contribution is 2.31. The predicted octanol–water partition coefficient (Wildman–Crippen LogP) is 3.53. The lowest BCUT2D eigenvalue weighted by Gasteiger charge is -2.31. The van der Waals surface area contributed by atoms with Gasteiger partial charge in [-0.25, -0.2) is 0 Å². The van der Waals surface area contributed by atoms with E-state index in [2.05, 4.69) is 28.2 Å². The van der Waals surface area contributed by atoms with Gasteiger partial charge in [0.15, 0.2) is 23.0 Å². The van der Waals surface area contributed by atoms with Gasteiger partial charge in [0, 0.05) is 0 Å². The molecule has 0 fully saturated rings. The number of benzene rings is 2. The number of nitrogens with zero attached hydrogens (tertiary/aromatic N) is 2. The summed E-state index contributed by atoms with van der Waals surface area (Å²) in [6, 6.07) is 10.2. The van der Waals surface area contributed by atoms with Crippen molar-refractivity contribution in [2.75, 3.05) is 41.3 Å².